The molecule has 158 valence electrons. The molecule has 0 radical (unpaired) electrons. The van der Waals surface area contributed by atoms with Gasteiger partial charge in [-0.3, -0.25) is 9.80 Å². The Morgan fingerprint density at radius 1 is 0.793 bits per heavy atom. The number of rotatable bonds is 12. The fourth-order valence-corrected chi connectivity index (χ4v) is 3.53. The lowest BCUT2D eigenvalue weighted by Gasteiger charge is -2.21. The van der Waals surface area contributed by atoms with Crippen LogP contribution in [0.2, 0.25) is 0 Å². The summed E-state index contributed by atoms with van der Waals surface area (Å²) in [6.45, 7) is 9.91. The Morgan fingerprint density at radius 3 is 1.62 bits per heavy atom. The molecule has 0 saturated carbocycles. The van der Waals surface area contributed by atoms with Crippen LogP contribution >= 0.6 is 0 Å². The smallest absolute Gasteiger partial charge is 0.404 e. The Morgan fingerprint density at radius 2 is 1.21 bits per heavy atom. The van der Waals surface area contributed by atoms with Crippen LogP contribution in [0, 0.1) is 0 Å². The highest BCUT2D eigenvalue weighted by Crippen LogP contribution is 2.13. The Bertz CT molecular complexity index is 723. The number of benzene rings is 2. The molecule has 0 aliphatic heterocycles. The molecule has 0 saturated heterocycles. The Labute approximate surface area is 175 Å². The number of carbonyl (C=O) groups is 1. The van der Waals surface area contributed by atoms with E-state index >= 15 is 0 Å². The zero-order chi connectivity index (χ0) is 21.1. The van der Waals surface area contributed by atoms with Gasteiger partial charge in [0.05, 0.1) is 0 Å². The van der Waals surface area contributed by atoms with Gasteiger partial charge in [-0.05, 0) is 55.2 Å². The number of amides is 1. The molecule has 0 fully saturated rings. The molecule has 2 aromatic rings. The largest absolute Gasteiger partial charge is 0.465 e. The van der Waals surface area contributed by atoms with E-state index in [0.29, 0.717) is 6.54 Å². The highest BCUT2D eigenvalue weighted by atomic mass is 16.4. The average Bonchev–Trinajstić information content (AvgIpc) is 2.69. The van der Waals surface area contributed by atoms with Gasteiger partial charge in [-0.2, -0.15) is 0 Å². The van der Waals surface area contributed by atoms with Gasteiger partial charge in [-0.1, -0.05) is 62.4 Å². The summed E-state index contributed by atoms with van der Waals surface area (Å²) in [5, 5.41) is 11.1. The minimum atomic E-state index is -0.997. The van der Waals surface area contributed by atoms with E-state index in [1.165, 1.54) is 29.5 Å². The third-order valence-corrected chi connectivity index (χ3v) is 4.88. The predicted molar refractivity (Wildman–Crippen MR) is 119 cm³/mol. The van der Waals surface area contributed by atoms with Gasteiger partial charge in [0.2, 0.25) is 0 Å². The topological polar surface area (TPSA) is 55.8 Å². The second-order valence-electron chi connectivity index (χ2n) is 7.74. The van der Waals surface area contributed by atoms with Gasteiger partial charge in [0.25, 0.3) is 0 Å². The first-order valence-corrected chi connectivity index (χ1v) is 10.5. The molecular weight excluding hydrogens is 362 g/mol. The summed E-state index contributed by atoms with van der Waals surface area (Å²) in [6.07, 6.45) is 1.39. The van der Waals surface area contributed by atoms with E-state index < -0.39 is 6.09 Å². The molecule has 2 N–H and O–H groups in total. The van der Waals surface area contributed by atoms with Gasteiger partial charge >= 0.3 is 6.09 Å². The Hall–Kier alpha value is -2.37. The van der Waals surface area contributed by atoms with E-state index in [2.05, 4.69) is 72.4 Å². The van der Waals surface area contributed by atoms with Crippen molar-refractivity contribution in [2.75, 3.05) is 20.1 Å². The van der Waals surface area contributed by atoms with Gasteiger partial charge in [0.15, 0.2) is 0 Å². The molecule has 0 spiro atoms. The molecular formula is C24H35N3O2. The molecule has 5 heteroatoms. The van der Waals surface area contributed by atoms with Gasteiger partial charge in [-0.25, -0.2) is 4.79 Å². The van der Waals surface area contributed by atoms with Gasteiger partial charge in [0, 0.05) is 26.2 Å². The maximum atomic E-state index is 10.6. The van der Waals surface area contributed by atoms with E-state index in [0.717, 1.165) is 38.3 Å². The summed E-state index contributed by atoms with van der Waals surface area (Å²) in [5.74, 6) is 0. The van der Waals surface area contributed by atoms with Crippen molar-refractivity contribution in [3.63, 3.8) is 0 Å². The predicted octanol–water partition coefficient (Wildman–Crippen LogP) is 4.71. The number of carboxylic acid groups (broad SMARTS) is 1. The number of hydrogen-bond acceptors (Lipinski definition) is 3. The van der Waals surface area contributed by atoms with Crippen LogP contribution in [0.15, 0.2) is 48.5 Å². The highest BCUT2D eigenvalue weighted by Gasteiger charge is 2.06. The maximum absolute atomic E-state index is 10.6. The van der Waals surface area contributed by atoms with Crippen molar-refractivity contribution in [2.45, 2.75) is 52.9 Å². The minimum Gasteiger partial charge on any atom is -0.465 e. The van der Waals surface area contributed by atoms with Crippen LogP contribution in [0.3, 0.4) is 0 Å². The number of nitrogens with zero attached hydrogens (tertiary/aromatic N) is 2. The third-order valence-electron chi connectivity index (χ3n) is 4.88. The normalized spacial score (nSPS) is 11.2. The zero-order valence-corrected chi connectivity index (χ0v) is 18.0. The van der Waals surface area contributed by atoms with Crippen LogP contribution < -0.4 is 5.32 Å². The van der Waals surface area contributed by atoms with Crippen LogP contribution in [0.25, 0.3) is 0 Å². The van der Waals surface area contributed by atoms with Crippen LogP contribution in [0.4, 0.5) is 4.79 Å². The summed E-state index contributed by atoms with van der Waals surface area (Å²) in [4.78, 5) is 15.4. The van der Waals surface area contributed by atoms with E-state index in [4.69, 9.17) is 5.11 Å². The molecule has 2 rings (SSSR count). The van der Waals surface area contributed by atoms with Crippen molar-refractivity contribution in [1.29, 1.82) is 0 Å². The van der Waals surface area contributed by atoms with E-state index in [9.17, 15) is 4.79 Å². The lowest BCUT2D eigenvalue weighted by molar-refractivity contribution is 0.194. The van der Waals surface area contributed by atoms with Crippen molar-refractivity contribution in [3.8, 4) is 0 Å². The van der Waals surface area contributed by atoms with E-state index in [-0.39, 0.29) is 0 Å². The molecule has 29 heavy (non-hydrogen) atoms. The van der Waals surface area contributed by atoms with Crippen molar-refractivity contribution < 1.29 is 9.90 Å². The SMILES string of the molecule is CCCN(CCC)Cc1ccc(CN(C)Cc2ccc(CNC(=O)O)cc2)cc1. The van der Waals surface area contributed by atoms with Crippen molar-refractivity contribution in [2.24, 2.45) is 0 Å². The molecule has 0 aliphatic rings. The van der Waals surface area contributed by atoms with Gasteiger partial charge in [-0.15, -0.1) is 0 Å². The van der Waals surface area contributed by atoms with Crippen LogP contribution in [0.1, 0.15) is 48.9 Å². The second-order valence-corrected chi connectivity index (χ2v) is 7.74. The molecule has 0 aliphatic carbocycles. The molecule has 5 nitrogen and oxygen atoms in total. The lowest BCUT2D eigenvalue weighted by Crippen LogP contribution is -2.24. The monoisotopic (exact) mass is 397 g/mol. The lowest BCUT2D eigenvalue weighted by atomic mass is 10.1. The van der Waals surface area contributed by atoms with Crippen molar-refractivity contribution in [1.82, 2.24) is 15.1 Å². The van der Waals surface area contributed by atoms with Crippen LogP contribution in [-0.2, 0) is 26.2 Å². The average molecular weight is 398 g/mol. The Balaban J connectivity index is 1.84. The number of nitrogens with one attached hydrogen (secondary N) is 1. The summed E-state index contributed by atoms with van der Waals surface area (Å²) in [7, 11) is 2.12. The first-order chi connectivity index (χ1) is 14.0. The molecule has 0 bridgehead atoms. The Kier molecular flexibility index (Phi) is 9.68. The van der Waals surface area contributed by atoms with Crippen molar-refractivity contribution in [3.05, 3.63) is 70.8 Å². The maximum Gasteiger partial charge on any atom is 0.404 e. The van der Waals surface area contributed by atoms with Crippen molar-refractivity contribution >= 4 is 6.09 Å². The molecule has 0 atom stereocenters. The van der Waals surface area contributed by atoms with Gasteiger partial charge in [0.1, 0.15) is 0 Å². The summed E-state index contributed by atoms with van der Waals surface area (Å²) >= 11 is 0. The summed E-state index contributed by atoms with van der Waals surface area (Å²) in [5.41, 5.74) is 4.88. The first-order valence-electron chi connectivity index (χ1n) is 10.5. The fourth-order valence-electron chi connectivity index (χ4n) is 3.53. The highest BCUT2D eigenvalue weighted by molar-refractivity contribution is 5.64. The molecule has 0 heterocycles. The molecule has 0 unspecified atom stereocenters. The zero-order valence-electron chi connectivity index (χ0n) is 18.0. The molecule has 1 amide bonds. The molecule has 0 aromatic heterocycles. The minimum absolute atomic E-state index is 0.339. The molecule has 2 aromatic carbocycles. The standard InChI is InChI=1S/C24H35N3O2/c1-4-14-27(15-5-2)19-23-12-10-22(11-13-23)18-26(3)17-21-8-6-20(7-9-21)16-25-24(28)29/h6-13,25H,4-5,14-19H2,1-3H3,(H,28,29). The third kappa shape index (κ3) is 8.67. The number of hydrogen-bond donors (Lipinski definition) is 2. The van der Waals surface area contributed by atoms with Crippen LogP contribution in [-0.4, -0.2) is 41.1 Å². The van der Waals surface area contributed by atoms with E-state index in [1.54, 1.807) is 0 Å². The second kappa shape index (κ2) is 12.2. The fraction of sp³-hybridized carbons (Fsp3) is 0.458. The van der Waals surface area contributed by atoms with Gasteiger partial charge < -0.3 is 10.4 Å². The quantitative estimate of drug-likeness (QED) is 0.545. The van der Waals surface area contributed by atoms with Crippen LogP contribution in [0.5, 0.6) is 0 Å². The first kappa shape index (κ1) is 22.9. The summed E-state index contributed by atoms with van der Waals surface area (Å²) < 4.78 is 0. The van der Waals surface area contributed by atoms with E-state index in [1.807, 2.05) is 12.1 Å². The summed E-state index contributed by atoms with van der Waals surface area (Å²) in [6, 6.07) is 17.1.